The van der Waals surface area contributed by atoms with E-state index >= 15 is 0 Å². The maximum atomic E-state index is 11.7. The Morgan fingerprint density at radius 3 is 2.41 bits per heavy atom. The van der Waals surface area contributed by atoms with E-state index in [1.807, 2.05) is 0 Å². The average molecular weight is 242 g/mol. The fourth-order valence-corrected chi connectivity index (χ4v) is 1.89. The van der Waals surface area contributed by atoms with Crippen molar-refractivity contribution in [3.63, 3.8) is 0 Å². The number of rotatable bonds is 6. The van der Waals surface area contributed by atoms with Crippen LogP contribution < -0.4 is 0 Å². The molecule has 0 aromatic rings. The third-order valence-corrected chi connectivity index (χ3v) is 2.90. The van der Waals surface area contributed by atoms with Crippen molar-refractivity contribution in [3.8, 4) is 0 Å². The second-order valence-corrected chi connectivity index (χ2v) is 3.86. The predicted molar refractivity (Wildman–Crippen MR) is 60.3 cm³/mol. The Bertz CT molecular complexity index is 328. The predicted octanol–water partition coefficient (Wildman–Crippen LogP) is 1.22. The summed E-state index contributed by atoms with van der Waals surface area (Å²) in [7, 11) is 4.38. The summed E-state index contributed by atoms with van der Waals surface area (Å²) in [4.78, 5) is 22.9. The van der Waals surface area contributed by atoms with Crippen molar-refractivity contribution in [3.05, 3.63) is 11.1 Å². The highest BCUT2D eigenvalue weighted by Crippen LogP contribution is 2.29. The molecule has 0 aliphatic heterocycles. The zero-order valence-electron chi connectivity index (χ0n) is 10.4. The van der Waals surface area contributed by atoms with Crippen LogP contribution in [0.1, 0.15) is 25.7 Å². The Labute approximate surface area is 101 Å². The minimum absolute atomic E-state index is 0.0722. The Morgan fingerprint density at radius 1 is 1.24 bits per heavy atom. The van der Waals surface area contributed by atoms with Gasteiger partial charge in [0.15, 0.2) is 12.1 Å². The van der Waals surface area contributed by atoms with Crippen molar-refractivity contribution in [2.45, 2.75) is 32.0 Å². The lowest BCUT2D eigenvalue weighted by molar-refractivity contribution is -0.139. The van der Waals surface area contributed by atoms with Crippen LogP contribution in [0.2, 0.25) is 0 Å². The molecule has 0 heterocycles. The van der Waals surface area contributed by atoms with Crippen molar-refractivity contribution >= 4 is 11.8 Å². The van der Waals surface area contributed by atoms with Gasteiger partial charge in [0.25, 0.3) is 0 Å². The summed E-state index contributed by atoms with van der Waals surface area (Å²) in [6.07, 6.45) is 1.21. The molecule has 0 amide bonds. The molecule has 0 N–H and O–H groups in total. The molecule has 1 rings (SSSR count). The summed E-state index contributed by atoms with van der Waals surface area (Å²) >= 11 is 0. The van der Waals surface area contributed by atoms with E-state index in [0.29, 0.717) is 24.8 Å². The maximum Gasteiger partial charge on any atom is 0.309 e. The average Bonchev–Trinajstić information content (AvgIpc) is 2.67. The van der Waals surface area contributed by atoms with E-state index in [1.165, 1.54) is 21.3 Å². The van der Waals surface area contributed by atoms with Crippen molar-refractivity contribution in [1.29, 1.82) is 0 Å². The zero-order valence-corrected chi connectivity index (χ0v) is 10.4. The van der Waals surface area contributed by atoms with Crippen LogP contribution in [0.5, 0.6) is 0 Å². The van der Waals surface area contributed by atoms with Gasteiger partial charge >= 0.3 is 5.97 Å². The summed E-state index contributed by atoms with van der Waals surface area (Å²) in [5.41, 5.74) is 1.50. The molecular formula is C12H18O5. The lowest BCUT2D eigenvalue weighted by Gasteiger charge is -2.14. The van der Waals surface area contributed by atoms with E-state index in [0.717, 1.165) is 5.57 Å². The first-order valence-corrected chi connectivity index (χ1v) is 5.48. The Morgan fingerprint density at radius 2 is 1.88 bits per heavy atom. The molecule has 1 aliphatic carbocycles. The summed E-state index contributed by atoms with van der Waals surface area (Å²) in [6, 6.07) is 0. The van der Waals surface area contributed by atoms with Gasteiger partial charge in [-0.1, -0.05) is 5.57 Å². The number of ketones is 1. The molecule has 96 valence electrons. The third-order valence-electron chi connectivity index (χ3n) is 2.90. The monoisotopic (exact) mass is 242 g/mol. The van der Waals surface area contributed by atoms with E-state index in [1.54, 1.807) is 0 Å². The Balaban J connectivity index is 2.77. The smallest absolute Gasteiger partial charge is 0.309 e. The van der Waals surface area contributed by atoms with Crippen LogP contribution in [0.25, 0.3) is 0 Å². The highest BCUT2D eigenvalue weighted by molar-refractivity contribution is 5.99. The molecule has 1 aliphatic rings. The van der Waals surface area contributed by atoms with Gasteiger partial charge in [0.1, 0.15) is 0 Å². The second-order valence-electron chi connectivity index (χ2n) is 3.86. The molecule has 0 saturated carbocycles. The minimum Gasteiger partial charge on any atom is -0.469 e. The van der Waals surface area contributed by atoms with E-state index < -0.39 is 6.29 Å². The van der Waals surface area contributed by atoms with Gasteiger partial charge in [-0.25, -0.2) is 0 Å². The highest BCUT2D eigenvalue weighted by Gasteiger charge is 2.26. The van der Waals surface area contributed by atoms with Gasteiger partial charge in [0, 0.05) is 27.1 Å². The fourth-order valence-electron chi connectivity index (χ4n) is 1.89. The molecule has 0 atom stereocenters. The molecule has 17 heavy (non-hydrogen) atoms. The lowest BCUT2D eigenvalue weighted by Crippen LogP contribution is -2.16. The highest BCUT2D eigenvalue weighted by atomic mass is 16.7. The molecular weight excluding hydrogens is 224 g/mol. The number of hydrogen-bond acceptors (Lipinski definition) is 5. The standard InChI is InChI=1S/C12H18O5/c1-15-11(14)6-8-4-5-10(13)9(8)7-12(16-2)17-3/h12H,4-7H2,1-3H3. The fraction of sp³-hybridized carbons (Fsp3) is 0.667. The second kappa shape index (κ2) is 6.51. The van der Waals surface area contributed by atoms with Crippen molar-refractivity contribution in [1.82, 2.24) is 0 Å². The van der Waals surface area contributed by atoms with E-state index in [2.05, 4.69) is 4.74 Å². The Hall–Kier alpha value is -1.20. The number of carbonyl (C=O) groups excluding carboxylic acids is 2. The molecule has 0 aromatic heterocycles. The summed E-state index contributed by atoms with van der Waals surface area (Å²) in [5, 5.41) is 0. The third kappa shape index (κ3) is 3.64. The van der Waals surface area contributed by atoms with Crippen molar-refractivity contribution in [2.75, 3.05) is 21.3 Å². The van der Waals surface area contributed by atoms with Crippen LogP contribution in [-0.2, 0) is 23.8 Å². The molecule has 0 bridgehead atoms. The molecule has 5 heteroatoms. The van der Waals surface area contributed by atoms with Gasteiger partial charge in [-0.15, -0.1) is 0 Å². The molecule has 0 fully saturated rings. The topological polar surface area (TPSA) is 61.8 Å². The number of carbonyl (C=O) groups is 2. The van der Waals surface area contributed by atoms with Crippen LogP contribution in [-0.4, -0.2) is 39.4 Å². The summed E-state index contributed by atoms with van der Waals surface area (Å²) < 4.78 is 14.7. The SMILES string of the molecule is COC(=O)CC1=C(CC(OC)OC)C(=O)CC1. The quantitative estimate of drug-likeness (QED) is 0.517. The van der Waals surface area contributed by atoms with Crippen LogP contribution in [0.4, 0.5) is 0 Å². The number of methoxy groups -OCH3 is 3. The molecule has 0 radical (unpaired) electrons. The van der Waals surface area contributed by atoms with Crippen LogP contribution in [0.3, 0.4) is 0 Å². The van der Waals surface area contributed by atoms with Crippen molar-refractivity contribution < 1.29 is 23.8 Å². The largest absolute Gasteiger partial charge is 0.469 e. The van der Waals surface area contributed by atoms with Crippen LogP contribution in [0.15, 0.2) is 11.1 Å². The van der Waals surface area contributed by atoms with Gasteiger partial charge in [-0.3, -0.25) is 9.59 Å². The van der Waals surface area contributed by atoms with E-state index in [9.17, 15) is 9.59 Å². The van der Waals surface area contributed by atoms with Crippen molar-refractivity contribution in [2.24, 2.45) is 0 Å². The first-order valence-electron chi connectivity index (χ1n) is 5.48. The molecule has 0 unspecified atom stereocenters. The molecule has 5 nitrogen and oxygen atoms in total. The number of hydrogen-bond donors (Lipinski definition) is 0. The molecule has 0 aromatic carbocycles. The van der Waals surface area contributed by atoms with Crippen LogP contribution >= 0.6 is 0 Å². The first-order chi connectivity index (χ1) is 8.12. The number of Topliss-reactive ketones (excluding diaryl/α,β-unsaturated/α-hetero) is 1. The van der Waals surface area contributed by atoms with E-state index in [-0.39, 0.29) is 18.2 Å². The molecule has 0 saturated heterocycles. The number of ether oxygens (including phenoxy) is 3. The Kier molecular flexibility index (Phi) is 5.31. The van der Waals surface area contributed by atoms with Gasteiger partial charge < -0.3 is 14.2 Å². The van der Waals surface area contributed by atoms with Gasteiger partial charge in [-0.05, 0) is 12.0 Å². The minimum atomic E-state index is -0.445. The normalized spacial score (nSPS) is 15.9. The number of esters is 1. The lowest BCUT2D eigenvalue weighted by atomic mass is 10.0. The zero-order chi connectivity index (χ0) is 12.8. The van der Waals surface area contributed by atoms with Gasteiger partial charge in [-0.2, -0.15) is 0 Å². The molecule has 0 spiro atoms. The van der Waals surface area contributed by atoms with Gasteiger partial charge in [0.05, 0.1) is 13.5 Å². The summed E-state index contributed by atoms with van der Waals surface area (Å²) in [6.45, 7) is 0. The van der Waals surface area contributed by atoms with E-state index in [4.69, 9.17) is 9.47 Å². The maximum absolute atomic E-state index is 11.7. The van der Waals surface area contributed by atoms with Gasteiger partial charge in [0.2, 0.25) is 0 Å². The first kappa shape index (κ1) is 13.9. The van der Waals surface area contributed by atoms with Crippen LogP contribution in [0, 0.1) is 0 Å². The summed E-state index contributed by atoms with van der Waals surface area (Å²) in [5.74, 6) is -0.249.